The van der Waals surface area contributed by atoms with Crippen LogP contribution in [0.3, 0.4) is 0 Å². The molecule has 1 aliphatic rings. The number of aliphatic hydroxyl groups is 1. The Labute approximate surface area is 99.5 Å². The van der Waals surface area contributed by atoms with Gasteiger partial charge in [0.25, 0.3) is 5.91 Å². The van der Waals surface area contributed by atoms with Crippen LogP contribution in [0.2, 0.25) is 0 Å². The topological polar surface area (TPSA) is 86.8 Å². The molecule has 1 aliphatic heterocycles. The maximum absolute atomic E-state index is 12.2. The minimum Gasteiger partial charge on any atom is -0.505 e. The van der Waals surface area contributed by atoms with Crippen LogP contribution >= 0.6 is 0 Å². The molecular formula is C12H16N2O3. The molecule has 0 spiro atoms. The Hall–Kier alpha value is -1.75. The van der Waals surface area contributed by atoms with Gasteiger partial charge in [-0.3, -0.25) is 4.79 Å². The lowest BCUT2D eigenvalue weighted by Crippen LogP contribution is -2.37. The summed E-state index contributed by atoms with van der Waals surface area (Å²) in [5.41, 5.74) is 5.94. The number of amides is 1. The monoisotopic (exact) mass is 236 g/mol. The first-order valence-corrected chi connectivity index (χ1v) is 5.64. The predicted molar refractivity (Wildman–Crippen MR) is 63.7 cm³/mol. The molecule has 2 rings (SSSR count). The van der Waals surface area contributed by atoms with Crippen molar-refractivity contribution in [3.63, 3.8) is 0 Å². The fourth-order valence-corrected chi connectivity index (χ4v) is 2.18. The van der Waals surface area contributed by atoms with E-state index >= 15 is 0 Å². The molecule has 0 saturated carbocycles. The van der Waals surface area contributed by atoms with Gasteiger partial charge in [0.1, 0.15) is 0 Å². The third-order valence-electron chi connectivity index (χ3n) is 3.15. The van der Waals surface area contributed by atoms with Crippen molar-refractivity contribution >= 4 is 11.6 Å². The zero-order chi connectivity index (χ0) is 12.4. The second kappa shape index (κ2) is 4.63. The van der Waals surface area contributed by atoms with Gasteiger partial charge in [0, 0.05) is 6.54 Å². The Morgan fingerprint density at radius 3 is 3.00 bits per heavy atom. The number of likely N-dealkylation sites (tertiary alicyclic amines) is 1. The van der Waals surface area contributed by atoms with Crippen molar-refractivity contribution < 1.29 is 15.0 Å². The molecule has 17 heavy (non-hydrogen) atoms. The summed E-state index contributed by atoms with van der Waals surface area (Å²) in [6.45, 7) is 0.563. The predicted octanol–water partition coefficient (Wildman–Crippen LogP) is 0.571. The third kappa shape index (κ3) is 2.06. The van der Waals surface area contributed by atoms with Crippen molar-refractivity contribution in [2.75, 3.05) is 18.9 Å². The van der Waals surface area contributed by atoms with E-state index in [0.29, 0.717) is 6.54 Å². The van der Waals surface area contributed by atoms with Crippen LogP contribution in [0, 0.1) is 0 Å². The van der Waals surface area contributed by atoms with Crippen LogP contribution in [-0.4, -0.2) is 40.2 Å². The Kier molecular flexibility index (Phi) is 3.19. The normalized spacial score (nSPS) is 19.6. The number of phenolic OH excluding ortho intramolecular Hbond substituents is 1. The van der Waals surface area contributed by atoms with Gasteiger partial charge in [0.2, 0.25) is 0 Å². The summed E-state index contributed by atoms with van der Waals surface area (Å²) in [5, 5.41) is 18.9. The van der Waals surface area contributed by atoms with Crippen LogP contribution in [0.25, 0.3) is 0 Å². The molecule has 0 aromatic heterocycles. The van der Waals surface area contributed by atoms with Crippen LogP contribution in [0.4, 0.5) is 5.69 Å². The smallest absolute Gasteiger partial charge is 0.258 e. The molecule has 0 unspecified atom stereocenters. The number of nitrogens with two attached hydrogens (primary N) is 1. The molecule has 1 aromatic carbocycles. The molecule has 1 saturated heterocycles. The maximum atomic E-state index is 12.2. The van der Waals surface area contributed by atoms with E-state index in [1.807, 2.05) is 0 Å². The highest BCUT2D eigenvalue weighted by molar-refractivity contribution is 5.98. The highest BCUT2D eigenvalue weighted by Crippen LogP contribution is 2.28. The van der Waals surface area contributed by atoms with Gasteiger partial charge in [-0.1, -0.05) is 6.07 Å². The van der Waals surface area contributed by atoms with E-state index in [-0.39, 0.29) is 35.6 Å². The largest absolute Gasteiger partial charge is 0.505 e. The number of hydrogen-bond acceptors (Lipinski definition) is 4. The SMILES string of the molecule is Nc1cccc(C(=O)N2CCC[C@H]2CO)c1O. The van der Waals surface area contributed by atoms with E-state index in [1.165, 1.54) is 0 Å². The van der Waals surface area contributed by atoms with Crippen molar-refractivity contribution in [3.8, 4) is 5.75 Å². The Bertz CT molecular complexity index is 434. The third-order valence-corrected chi connectivity index (χ3v) is 3.15. The van der Waals surface area contributed by atoms with Gasteiger partial charge in [0.05, 0.1) is 23.9 Å². The van der Waals surface area contributed by atoms with Crippen LogP contribution in [0.1, 0.15) is 23.2 Å². The number of hydrogen-bond donors (Lipinski definition) is 3. The van der Waals surface area contributed by atoms with Crippen molar-refractivity contribution in [1.29, 1.82) is 0 Å². The van der Waals surface area contributed by atoms with E-state index in [2.05, 4.69) is 0 Å². The molecular weight excluding hydrogens is 220 g/mol. The summed E-state index contributed by atoms with van der Waals surface area (Å²) in [6.07, 6.45) is 1.67. The number of benzene rings is 1. The molecule has 1 amide bonds. The van der Waals surface area contributed by atoms with Gasteiger partial charge in [0.15, 0.2) is 5.75 Å². The van der Waals surface area contributed by atoms with Crippen molar-refractivity contribution in [2.45, 2.75) is 18.9 Å². The molecule has 0 aliphatic carbocycles. The standard InChI is InChI=1S/C12H16N2O3/c13-10-5-1-4-9(11(10)16)12(17)14-6-2-3-8(14)7-15/h1,4-5,8,15-16H,2-3,6-7,13H2/t8-/m0/s1. The summed E-state index contributed by atoms with van der Waals surface area (Å²) in [7, 11) is 0. The molecule has 1 fully saturated rings. The number of aliphatic hydroxyl groups excluding tert-OH is 1. The Balaban J connectivity index is 2.28. The lowest BCUT2D eigenvalue weighted by atomic mass is 10.1. The molecule has 0 radical (unpaired) electrons. The van der Waals surface area contributed by atoms with E-state index in [4.69, 9.17) is 5.73 Å². The van der Waals surface area contributed by atoms with Gasteiger partial charge in [-0.15, -0.1) is 0 Å². The first kappa shape index (κ1) is 11.7. The average molecular weight is 236 g/mol. The summed E-state index contributed by atoms with van der Waals surface area (Å²) < 4.78 is 0. The van der Waals surface area contributed by atoms with Gasteiger partial charge < -0.3 is 20.8 Å². The second-order valence-corrected chi connectivity index (χ2v) is 4.22. The summed E-state index contributed by atoms with van der Waals surface area (Å²) >= 11 is 0. The van der Waals surface area contributed by atoms with Crippen molar-refractivity contribution in [1.82, 2.24) is 4.90 Å². The van der Waals surface area contributed by atoms with Crippen molar-refractivity contribution in [2.24, 2.45) is 0 Å². The maximum Gasteiger partial charge on any atom is 0.258 e. The number of phenols is 1. The summed E-state index contributed by atoms with van der Waals surface area (Å²) in [5.74, 6) is -0.451. The van der Waals surface area contributed by atoms with Crippen LogP contribution < -0.4 is 5.73 Å². The summed E-state index contributed by atoms with van der Waals surface area (Å²) in [6, 6.07) is 4.57. The second-order valence-electron chi connectivity index (χ2n) is 4.22. The first-order valence-electron chi connectivity index (χ1n) is 5.64. The van der Waals surface area contributed by atoms with Gasteiger partial charge in [-0.25, -0.2) is 0 Å². The molecule has 5 nitrogen and oxygen atoms in total. The number of aromatic hydroxyl groups is 1. The molecule has 1 atom stereocenters. The minimum atomic E-state index is -0.272. The van der Waals surface area contributed by atoms with Gasteiger partial charge >= 0.3 is 0 Å². The highest BCUT2D eigenvalue weighted by Gasteiger charge is 2.30. The molecule has 5 heteroatoms. The zero-order valence-electron chi connectivity index (χ0n) is 9.47. The van der Waals surface area contributed by atoms with Crippen molar-refractivity contribution in [3.05, 3.63) is 23.8 Å². The minimum absolute atomic E-state index is 0.0468. The zero-order valence-corrected chi connectivity index (χ0v) is 9.47. The highest BCUT2D eigenvalue weighted by atomic mass is 16.3. The molecule has 0 bridgehead atoms. The first-order chi connectivity index (χ1) is 8.15. The number of anilines is 1. The van der Waals surface area contributed by atoms with E-state index in [1.54, 1.807) is 23.1 Å². The van der Waals surface area contributed by atoms with Crippen LogP contribution in [-0.2, 0) is 0 Å². The van der Waals surface area contributed by atoms with E-state index < -0.39 is 0 Å². The lowest BCUT2D eigenvalue weighted by Gasteiger charge is -2.23. The number of rotatable bonds is 2. The number of nitrogens with zero attached hydrogens (tertiary/aromatic N) is 1. The fourth-order valence-electron chi connectivity index (χ4n) is 2.18. The molecule has 4 N–H and O–H groups in total. The average Bonchev–Trinajstić information content (AvgIpc) is 2.80. The number of para-hydroxylation sites is 1. The Morgan fingerprint density at radius 2 is 2.29 bits per heavy atom. The number of carbonyl (C=O) groups excluding carboxylic acids is 1. The lowest BCUT2D eigenvalue weighted by molar-refractivity contribution is 0.0674. The van der Waals surface area contributed by atoms with Gasteiger partial charge in [-0.05, 0) is 25.0 Å². The molecule has 92 valence electrons. The summed E-state index contributed by atoms with van der Waals surface area (Å²) in [4.78, 5) is 13.8. The van der Waals surface area contributed by atoms with Crippen LogP contribution in [0.15, 0.2) is 18.2 Å². The Morgan fingerprint density at radius 1 is 1.53 bits per heavy atom. The number of nitrogen functional groups attached to an aromatic ring is 1. The van der Waals surface area contributed by atoms with E-state index in [0.717, 1.165) is 12.8 Å². The van der Waals surface area contributed by atoms with E-state index in [9.17, 15) is 15.0 Å². The van der Waals surface area contributed by atoms with Crippen LogP contribution in [0.5, 0.6) is 5.75 Å². The fraction of sp³-hybridized carbons (Fsp3) is 0.417. The number of carbonyl (C=O) groups is 1. The quantitative estimate of drug-likeness (QED) is 0.517. The molecule has 1 heterocycles. The van der Waals surface area contributed by atoms with Gasteiger partial charge in [-0.2, -0.15) is 0 Å². The molecule has 1 aromatic rings.